The van der Waals surface area contributed by atoms with Crippen molar-refractivity contribution >= 4 is 28.7 Å². The van der Waals surface area contributed by atoms with E-state index in [0.29, 0.717) is 6.54 Å². The molecule has 0 fully saturated rings. The number of carbonyl (C=O) groups excluding carboxylic acids is 1. The Bertz CT molecular complexity index is 1100. The van der Waals surface area contributed by atoms with Gasteiger partial charge in [0.1, 0.15) is 11.4 Å². The molecule has 1 amide bonds. The lowest BCUT2D eigenvalue weighted by Crippen LogP contribution is -2.28. The lowest BCUT2D eigenvalue weighted by atomic mass is 10.1. The molecule has 0 spiro atoms. The Kier molecular flexibility index (Phi) is 5.86. The van der Waals surface area contributed by atoms with Crippen LogP contribution >= 0.6 is 11.8 Å². The van der Waals surface area contributed by atoms with Gasteiger partial charge in [-0.15, -0.1) is 0 Å². The van der Waals surface area contributed by atoms with E-state index in [1.807, 2.05) is 60.1 Å². The number of nitrogens with zero attached hydrogens (tertiary/aromatic N) is 4. The van der Waals surface area contributed by atoms with Crippen LogP contribution in [0.1, 0.15) is 24.1 Å². The van der Waals surface area contributed by atoms with Crippen LogP contribution in [0.15, 0.2) is 78.2 Å². The Morgan fingerprint density at radius 2 is 1.79 bits per heavy atom. The van der Waals surface area contributed by atoms with E-state index in [9.17, 15) is 4.79 Å². The molecule has 0 aliphatic heterocycles. The molecule has 0 bridgehead atoms. The maximum absolute atomic E-state index is 12.4. The van der Waals surface area contributed by atoms with Crippen LogP contribution in [0.3, 0.4) is 0 Å². The fourth-order valence-corrected chi connectivity index (χ4v) is 3.87. The van der Waals surface area contributed by atoms with Crippen LogP contribution < -0.4 is 5.32 Å². The van der Waals surface area contributed by atoms with E-state index in [1.165, 1.54) is 18.1 Å². The van der Waals surface area contributed by atoms with Crippen molar-refractivity contribution in [3.05, 3.63) is 84.3 Å². The molecule has 0 aliphatic carbocycles. The highest BCUT2D eigenvalue weighted by Crippen LogP contribution is 2.24. The summed E-state index contributed by atoms with van der Waals surface area (Å²) in [6.45, 7) is 2.62. The van der Waals surface area contributed by atoms with Gasteiger partial charge in [-0.1, -0.05) is 72.4 Å². The summed E-state index contributed by atoms with van der Waals surface area (Å²) < 4.78 is 1.86. The Labute approximate surface area is 173 Å². The summed E-state index contributed by atoms with van der Waals surface area (Å²) in [5, 5.41) is 9.11. The van der Waals surface area contributed by atoms with E-state index < -0.39 is 0 Å². The standard InChI is InChI=1S/C22H21N5OS/c1-16(18-10-6-3-7-11-18)26-20(28)14-29-22-19-12-25-27(21(19)23-15-24-22)13-17-8-4-2-5-9-17/h2-12,15-16H,13-14H2,1H3,(H,26,28). The minimum Gasteiger partial charge on any atom is -0.349 e. The van der Waals surface area contributed by atoms with E-state index in [2.05, 4.69) is 32.5 Å². The number of rotatable bonds is 7. The van der Waals surface area contributed by atoms with Gasteiger partial charge in [-0.05, 0) is 18.1 Å². The number of carbonyl (C=O) groups is 1. The number of benzene rings is 2. The van der Waals surface area contributed by atoms with Gasteiger partial charge >= 0.3 is 0 Å². The fraction of sp³-hybridized carbons (Fsp3) is 0.182. The Morgan fingerprint density at radius 1 is 1.07 bits per heavy atom. The minimum atomic E-state index is -0.0386. The minimum absolute atomic E-state index is 0.0326. The molecule has 29 heavy (non-hydrogen) atoms. The van der Waals surface area contributed by atoms with Gasteiger partial charge in [0, 0.05) is 0 Å². The monoisotopic (exact) mass is 403 g/mol. The van der Waals surface area contributed by atoms with Crippen LogP contribution in [0.2, 0.25) is 0 Å². The first-order chi connectivity index (χ1) is 14.2. The largest absolute Gasteiger partial charge is 0.349 e. The third kappa shape index (κ3) is 4.63. The van der Waals surface area contributed by atoms with Crippen LogP contribution in [0.25, 0.3) is 11.0 Å². The lowest BCUT2D eigenvalue weighted by molar-refractivity contribution is -0.119. The number of hydrogen-bond donors (Lipinski definition) is 1. The van der Waals surface area contributed by atoms with Crippen LogP contribution in [0.4, 0.5) is 0 Å². The number of hydrogen-bond acceptors (Lipinski definition) is 5. The molecule has 2 aromatic heterocycles. The summed E-state index contributed by atoms with van der Waals surface area (Å²) >= 11 is 1.40. The molecule has 0 radical (unpaired) electrons. The van der Waals surface area contributed by atoms with Crippen molar-refractivity contribution in [2.45, 2.75) is 24.5 Å². The highest BCUT2D eigenvalue weighted by atomic mass is 32.2. The zero-order chi connectivity index (χ0) is 20.1. The first-order valence-electron chi connectivity index (χ1n) is 9.38. The van der Waals surface area contributed by atoms with Gasteiger partial charge in [-0.25, -0.2) is 14.6 Å². The van der Waals surface area contributed by atoms with E-state index in [0.717, 1.165) is 27.2 Å². The summed E-state index contributed by atoms with van der Waals surface area (Å²) in [5.41, 5.74) is 3.00. The maximum atomic E-state index is 12.4. The predicted octanol–water partition coefficient (Wildman–Crippen LogP) is 3.84. The van der Waals surface area contributed by atoms with E-state index in [1.54, 1.807) is 6.20 Å². The van der Waals surface area contributed by atoms with Crippen molar-refractivity contribution in [2.75, 3.05) is 5.75 Å². The smallest absolute Gasteiger partial charge is 0.230 e. The Hall–Kier alpha value is -3.19. The predicted molar refractivity (Wildman–Crippen MR) is 115 cm³/mol. The molecule has 0 saturated carbocycles. The van der Waals surface area contributed by atoms with Crippen molar-refractivity contribution in [3.8, 4) is 0 Å². The molecule has 146 valence electrons. The van der Waals surface area contributed by atoms with E-state index >= 15 is 0 Å². The van der Waals surface area contributed by atoms with Gasteiger partial charge in [0.25, 0.3) is 0 Å². The quantitative estimate of drug-likeness (QED) is 0.375. The summed E-state index contributed by atoms with van der Waals surface area (Å²) in [7, 11) is 0. The van der Waals surface area contributed by atoms with E-state index in [4.69, 9.17) is 0 Å². The molecule has 7 heteroatoms. The molecule has 2 aromatic carbocycles. The average Bonchev–Trinajstić information content (AvgIpc) is 3.17. The van der Waals surface area contributed by atoms with Crippen molar-refractivity contribution in [1.82, 2.24) is 25.1 Å². The van der Waals surface area contributed by atoms with Gasteiger partial charge in [-0.2, -0.15) is 5.10 Å². The first-order valence-corrected chi connectivity index (χ1v) is 10.4. The zero-order valence-corrected chi connectivity index (χ0v) is 16.8. The number of aromatic nitrogens is 4. The molecular formula is C22H21N5OS. The number of nitrogens with one attached hydrogen (secondary N) is 1. The number of fused-ring (bicyclic) bond motifs is 1. The Balaban J connectivity index is 1.42. The van der Waals surface area contributed by atoms with Crippen LogP contribution in [-0.2, 0) is 11.3 Å². The van der Waals surface area contributed by atoms with Gasteiger partial charge in [0.2, 0.25) is 5.91 Å². The maximum Gasteiger partial charge on any atom is 0.230 e. The number of thioether (sulfide) groups is 1. The average molecular weight is 404 g/mol. The van der Waals surface area contributed by atoms with Crippen LogP contribution in [0.5, 0.6) is 0 Å². The summed E-state index contributed by atoms with van der Waals surface area (Å²) in [6, 6.07) is 20.0. The molecule has 1 atom stereocenters. The summed E-state index contributed by atoms with van der Waals surface area (Å²) in [4.78, 5) is 21.1. The van der Waals surface area contributed by atoms with Gasteiger partial charge in [0.15, 0.2) is 5.65 Å². The second kappa shape index (κ2) is 8.87. The van der Waals surface area contributed by atoms with Gasteiger partial charge in [0.05, 0.1) is 29.9 Å². The molecule has 1 unspecified atom stereocenters. The second-order valence-corrected chi connectivity index (χ2v) is 7.66. The topological polar surface area (TPSA) is 72.7 Å². The second-order valence-electron chi connectivity index (χ2n) is 6.69. The van der Waals surface area contributed by atoms with Crippen molar-refractivity contribution in [3.63, 3.8) is 0 Å². The number of amides is 1. The van der Waals surface area contributed by atoms with Crippen molar-refractivity contribution in [2.24, 2.45) is 0 Å². The van der Waals surface area contributed by atoms with Gasteiger partial charge in [-0.3, -0.25) is 4.79 Å². The molecule has 1 N–H and O–H groups in total. The normalized spacial score (nSPS) is 12.0. The SMILES string of the molecule is CC(NC(=O)CSc1ncnc2c1cnn2Cc1ccccc1)c1ccccc1. The van der Waals surface area contributed by atoms with Crippen LogP contribution in [0, 0.1) is 0 Å². The molecule has 4 aromatic rings. The lowest BCUT2D eigenvalue weighted by Gasteiger charge is -2.14. The Morgan fingerprint density at radius 3 is 2.55 bits per heavy atom. The van der Waals surface area contributed by atoms with Crippen molar-refractivity contribution < 1.29 is 4.79 Å². The highest BCUT2D eigenvalue weighted by Gasteiger charge is 2.14. The first kappa shape index (κ1) is 19.1. The molecule has 0 saturated heterocycles. The third-order valence-corrected chi connectivity index (χ3v) is 5.59. The molecule has 4 rings (SSSR count). The summed E-state index contributed by atoms with van der Waals surface area (Å²) in [5.74, 6) is 0.252. The summed E-state index contributed by atoms with van der Waals surface area (Å²) in [6.07, 6.45) is 3.30. The molecule has 6 nitrogen and oxygen atoms in total. The fourth-order valence-electron chi connectivity index (χ4n) is 3.10. The van der Waals surface area contributed by atoms with Crippen LogP contribution in [-0.4, -0.2) is 31.4 Å². The van der Waals surface area contributed by atoms with E-state index in [-0.39, 0.29) is 17.7 Å². The van der Waals surface area contributed by atoms with Crippen molar-refractivity contribution in [1.29, 1.82) is 0 Å². The van der Waals surface area contributed by atoms with Gasteiger partial charge < -0.3 is 5.32 Å². The molecule has 0 aliphatic rings. The zero-order valence-electron chi connectivity index (χ0n) is 16.0. The molecule has 2 heterocycles. The molecular weight excluding hydrogens is 382 g/mol. The third-order valence-electron chi connectivity index (χ3n) is 4.59. The highest BCUT2D eigenvalue weighted by molar-refractivity contribution is 8.00.